The van der Waals surface area contributed by atoms with Crippen LogP contribution in [0.5, 0.6) is 0 Å². The van der Waals surface area contributed by atoms with Gasteiger partial charge in [0.1, 0.15) is 11.6 Å². The smallest absolute Gasteiger partial charge is 0.155 e. The van der Waals surface area contributed by atoms with Gasteiger partial charge in [-0.25, -0.2) is 9.37 Å². The predicted octanol–water partition coefficient (Wildman–Crippen LogP) is 2.65. The highest BCUT2D eigenvalue weighted by Gasteiger charge is 2.14. The summed E-state index contributed by atoms with van der Waals surface area (Å²) in [6.07, 6.45) is 0. The van der Waals surface area contributed by atoms with Gasteiger partial charge in [-0.3, -0.25) is 0 Å². The average molecular weight is 254 g/mol. The Bertz CT molecular complexity index is 563. The summed E-state index contributed by atoms with van der Waals surface area (Å²) in [6.45, 7) is 2.03. The molecule has 0 fully saturated rings. The van der Waals surface area contributed by atoms with Gasteiger partial charge in [-0.15, -0.1) is 0 Å². The number of nitrogens with zero attached hydrogens (tertiary/aromatic N) is 2. The average Bonchev–Trinajstić information content (AvgIpc) is 2.58. The van der Waals surface area contributed by atoms with E-state index >= 15 is 0 Å². The van der Waals surface area contributed by atoms with E-state index in [9.17, 15) is 4.39 Å². The summed E-state index contributed by atoms with van der Waals surface area (Å²) < 4.78 is 15.0. The van der Waals surface area contributed by atoms with Gasteiger partial charge in [-0.05, 0) is 30.7 Å². The quantitative estimate of drug-likeness (QED) is 0.894. The number of nitrogens with two attached hydrogens (primary N) is 1. The molecular formula is C12H13ClFN3. The molecule has 0 radical (unpaired) electrons. The minimum atomic E-state index is -0.230. The zero-order valence-electron chi connectivity index (χ0n) is 9.67. The molecule has 0 spiro atoms. The molecule has 2 aromatic rings. The minimum absolute atomic E-state index is 0.230. The van der Waals surface area contributed by atoms with Crippen molar-refractivity contribution in [2.45, 2.75) is 13.5 Å². The fourth-order valence-electron chi connectivity index (χ4n) is 1.80. The van der Waals surface area contributed by atoms with Crippen molar-refractivity contribution in [3.05, 3.63) is 40.6 Å². The van der Waals surface area contributed by atoms with Crippen LogP contribution >= 0.6 is 11.6 Å². The molecule has 1 heterocycles. The first-order valence-corrected chi connectivity index (χ1v) is 5.60. The van der Waals surface area contributed by atoms with E-state index in [2.05, 4.69) is 4.98 Å². The lowest BCUT2D eigenvalue weighted by molar-refractivity contribution is 0.618. The number of halogens is 2. The lowest BCUT2D eigenvalue weighted by Gasteiger charge is -2.06. The molecule has 0 atom stereocenters. The summed E-state index contributed by atoms with van der Waals surface area (Å²) in [5.41, 5.74) is 7.74. The van der Waals surface area contributed by atoms with Gasteiger partial charge in [0.15, 0.2) is 5.15 Å². The summed E-state index contributed by atoms with van der Waals surface area (Å²) in [6, 6.07) is 4.86. The van der Waals surface area contributed by atoms with Crippen LogP contribution < -0.4 is 5.73 Å². The zero-order valence-corrected chi connectivity index (χ0v) is 10.4. The number of benzene rings is 1. The topological polar surface area (TPSA) is 43.8 Å². The second-order valence-corrected chi connectivity index (χ2v) is 4.25. The third-order valence-corrected chi connectivity index (χ3v) is 3.02. The number of aromatic nitrogens is 2. The maximum absolute atomic E-state index is 13.2. The lowest BCUT2D eigenvalue weighted by Crippen LogP contribution is -2.05. The molecule has 90 valence electrons. The zero-order chi connectivity index (χ0) is 12.6. The molecule has 3 nitrogen and oxygen atoms in total. The third kappa shape index (κ3) is 2.06. The van der Waals surface area contributed by atoms with Gasteiger partial charge < -0.3 is 10.3 Å². The number of aryl methyl sites for hydroxylation is 1. The van der Waals surface area contributed by atoms with Crippen LogP contribution in [0.1, 0.15) is 11.4 Å². The van der Waals surface area contributed by atoms with Crippen LogP contribution in [0.25, 0.3) is 11.3 Å². The van der Waals surface area contributed by atoms with E-state index in [-0.39, 0.29) is 5.82 Å². The van der Waals surface area contributed by atoms with E-state index in [1.54, 1.807) is 19.1 Å². The normalized spacial score (nSPS) is 10.9. The van der Waals surface area contributed by atoms with Crippen LogP contribution in [0.2, 0.25) is 5.15 Å². The maximum atomic E-state index is 13.2. The molecular weight excluding hydrogens is 241 g/mol. The summed E-state index contributed by atoms with van der Waals surface area (Å²) in [4.78, 5) is 4.17. The molecule has 0 bridgehead atoms. The fraction of sp³-hybridized carbons (Fsp3) is 0.250. The molecule has 1 aromatic carbocycles. The Morgan fingerprint density at radius 2 is 2.18 bits per heavy atom. The van der Waals surface area contributed by atoms with E-state index in [0.717, 1.165) is 11.3 Å². The Morgan fingerprint density at radius 1 is 1.47 bits per heavy atom. The Morgan fingerprint density at radius 3 is 2.71 bits per heavy atom. The summed E-state index contributed by atoms with van der Waals surface area (Å²) >= 11 is 6.07. The van der Waals surface area contributed by atoms with Gasteiger partial charge in [-0.1, -0.05) is 11.6 Å². The van der Waals surface area contributed by atoms with Crippen molar-refractivity contribution in [1.82, 2.24) is 9.55 Å². The van der Waals surface area contributed by atoms with Gasteiger partial charge in [0.05, 0.1) is 12.2 Å². The minimum Gasteiger partial charge on any atom is -0.329 e. The molecule has 0 aliphatic rings. The maximum Gasteiger partial charge on any atom is 0.155 e. The van der Waals surface area contributed by atoms with Gasteiger partial charge in [-0.2, -0.15) is 0 Å². The van der Waals surface area contributed by atoms with Crippen LogP contribution in [-0.4, -0.2) is 9.55 Å². The number of hydrogen-bond acceptors (Lipinski definition) is 2. The Hall–Kier alpha value is -1.39. The van der Waals surface area contributed by atoms with Crippen LogP contribution in [0, 0.1) is 12.7 Å². The molecule has 0 aliphatic heterocycles. The first-order chi connectivity index (χ1) is 8.04. The molecule has 0 unspecified atom stereocenters. The molecule has 1 aromatic heterocycles. The number of rotatable bonds is 2. The second kappa shape index (κ2) is 4.47. The monoisotopic (exact) mass is 253 g/mol. The first-order valence-electron chi connectivity index (χ1n) is 5.22. The first kappa shape index (κ1) is 12.1. The van der Waals surface area contributed by atoms with E-state index in [1.807, 2.05) is 11.6 Å². The van der Waals surface area contributed by atoms with Gasteiger partial charge in [0, 0.05) is 12.6 Å². The predicted molar refractivity (Wildman–Crippen MR) is 66.2 cm³/mol. The van der Waals surface area contributed by atoms with Crippen molar-refractivity contribution in [3.63, 3.8) is 0 Å². The lowest BCUT2D eigenvalue weighted by atomic mass is 10.1. The van der Waals surface area contributed by atoms with Crippen molar-refractivity contribution in [1.29, 1.82) is 0 Å². The van der Waals surface area contributed by atoms with Crippen molar-refractivity contribution in [2.75, 3.05) is 0 Å². The fourth-order valence-corrected chi connectivity index (χ4v) is 2.13. The highest BCUT2D eigenvalue weighted by molar-refractivity contribution is 6.32. The number of hydrogen-bond donors (Lipinski definition) is 1. The molecule has 0 amide bonds. The molecule has 0 saturated carbocycles. The Labute approximate surface area is 104 Å². The molecule has 5 heteroatoms. The van der Waals surface area contributed by atoms with Crippen molar-refractivity contribution in [2.24, 2.45) is 12.8 Å². The second-order valence-electron chi connectivity index (χ2n) is 3.89. The number of imidazole rings is 1. The summed E-state index contributed by atoms with van der Waals surface area (Å²) in [7, 11) is 1.84. The molecule has 0 aliphatic carbocycles. The van der Waals surface area contributed by atoms with Crippen molar-refractivity contribution >= 4 is 11.6 Å². The molecule has 2 rings (SSSR count). The van der Waals surface area contributed by atoms with E-state index < -0.39 is 0 Å². The van der Waals surface area contributed by atoms with E-state index in [4.69, 9.17) is 17.3 Å². The standard InChI is InChI=1S/C12H13ClFN3/c1-7-5-8(3-4-9(7)14)11-12(13)16-10(6-15)17(11)2/h3-5H,6,15H2,1-2H3. The van der Waals surface area contributed by atoms with Crippen LogP contribution in [-0.2, 0) is 13.6 Å². The van der Waals surface area contributed by atoms with E-state index in [1.165, 1.54) is 6.07 Å². The van der Waals surface area contributed by atoms with Crippen LogP contribution in [0.3, 0.4) is 0 Å². The molecule has 0 saturated heterocycles. The highest BCUT2D eigenvalue weighted by atomic mass is 35.5. The SMILES string of the molecule is Cc1cc(-c2c(Cl)nc(CN)n2C)ccc1F. The van der Waals surface area contributed by atoms with Gasteiger partial charge in [0.25, 0.3) is 0 Å². The van der Waals surface area contributed by atoms with E-state index in [0.29, 0.717) is 23.1 Å². The molecule has 17 heavy (non-hydrogen) atoms. The Balaban J connectivity index is 2.60. The van der Waals surface area contributed by atoms with Crippen molar-refractivity contribution < 1.29 is 4.39 Å². The van der Waals surface area contributed by atoms with Crippen LogP contribution in [0.15, 0.2) is 18.2 Å². The highest BCUT2D eigenvalue weighted by Crippen LogP contribution is 2.29. The largest absolute Gasteiger partial charge is 0.329 e. The molecule has 2 N–H and O–H groups in total. The van der Waals surface area contributed by atoms with Gasteiger partial charge in [0.2, 0.25) is 0 Å². The van der Waals surface area contributed by atoms with Gasteiger partial charge >= 0.3 is 0 Å². The summed E-state index contributed by atoms with van der Waals surface area (Å²) in [5.74, 6) is 0.470. The Kier molecular flexibility index (Phi) is 3.17. The van der Waals surface area contributed by atoms with Crippen molar-refractivity contribution in [3.8, 4) is 11.3 Å². The third-order valence-electron chi connectivity index (χ3n) is 2.76. The van der Waals surface area contributed by atoms with Crippen LogP contribution in [0.4, 0.5) is 4.39 Å². The summed E-state index contributed by atoms with van der Waals surface area (Å²) in [5, 5.41) is 0.388.